The van der Waals surface area contributed by atoms with Crippen LogP contribution < -0.4 is 5.73 Å². The zero-order valence-corrected chi connectivity index (χ0v) is 11.0. The zero-order chi connectivity index (χ0) is 13.9. The summed E-state index contributed by atoms with van der Waals surface area (Å²) in [6.07, 6.45) is 2.45. The maximum absolute atomic E-state index is 12.9. The lowest BCUT2D eigenvalue weighted by Gasteiger charge is -2.14. The van der Waals surface area contributed by atoms with E-state index in [2.05, 4.69) is 4.98 Å². The summed E-state index contributed by atoms with van der Waals surface area (Å²) in [5, 5.41) is 1.07. The maximum Gasteiger partial charge on any atom is 0.123 e. The van der Waals surface area contributed by atoms with Gasteiger partial charge in [-0.05, 0) is 41.8 Å². The number of hydrogen-bond donors (Lipinski definition) is 1. The third-order valence-electron chi connectivity index (χ3n) is 3.45. The Hall–Kier alpha value is -2.26. The second-order valence-electron chi connectivity index (χ2n) is 4.85. The molecule has 1 unspecified atom stereocenters. The van der Waals surface area contributed by atoms with Crippen molar-refractivity contribution in [2.45, 2.75) is 12.5 Å². The molecule has 1 atom stereocenters. The van der Waals surface area contributed by atoms with Crippen molar-refractivity contribution in [1.29, 1.82) is 0 Å². The van der Waals surface area contributed by atoms with Crippen LogP contribution in [0.3, 0.4) is 0 Å². The third-order valence-corrected chi connectivity index (χ3v) is 3.45. The summed E-state index contributed by atoms with van der Waals surface area (Å²) in [5.41, 5.74) is 9.35. The molecule has 1 heterocycles. The minimum atomic E-state index is -0.225. The number of nitrogens with zero attached hydrogens (tertiary/aromatic N) is 1. The topological polar surface area (TPSA) is 38.9 Å². The number of pyridine rings is 1. The number of hydrogen-bond acceptors (Lipinski definition) is 2. The van der Waals surface area contributed by atoms with Gasteiger partial charge in [-0.1, -0.05) is 30.3 Å². The standard InChI is InChI=1S/C17H15FN2/c18-13-7-5-12(6-8-13)11-16(19)14-9-10-20-17-4-2-1-3-15(14)17/h1-10,16H,11,19H2. The molecule has 0 bridgehead atoms. The Balaban J connectivity index is 1.92. The first-order valence-electron chi connectivity index (χ1n) is 6.58. The van der Waals surface area contributed by atoms with E-state index in [4.69, 9.17) is 5.73 Å². The minimum absolute atomic E-state index is 0.131. The van der Waals surface area contributed by atoms with Crippen LogP contribution in [0.15, 0.2) is 60.8 Å². The molecule has 0 amide bonds. The molecule has 3 rings (SSSR count). The van der Waals surface area contributed by atoms with Gasteiger partial charge in [-0.25, -0.2) is 4.39 Å². The highest BCUT2D eigenvalue weighted by Gasteiger charge is 2.11. The summed E-state index contributed by atoms with van der Waals surface area (Å²) in [7, 11) is 0. The van der Waals surface area contributed by atoms with E-state index in [0.717, 1.165) is 22.0 Å². The van der Waals surface area contributed by atoms with Crippen LogP contribution in [-0.2, 0) is 6.42 Å². The van der Waals surface area contributed by atoms with Gasteiger partial charge in [-0.2, -0.15) is 0 Å². The molecule has 3 aromatic rings. The highest BCUT2D eigenvalue weighted by Crippen LogP contribution is 2.23. The lowest BCUT2D eigenvalue weighted by atomic mass is 9.97. The number of nitrogens with two attached hydrogens (primary N) is 1. The lowest BCUT2D eigenvalue weighted by molar-refractivity contribution is 0.625. The molecule has 100 valence electrons. The summed E-state index contributed by atoms with van der Waals surface area (Å²) < 4.78 is 12.9. The fraction of sp³-hybridized carbons (Fsp3) is 0.118. The SMILES string of the molecule is NC(Cc1ccc(F)cc1)c1ccnc2ccccc12. The highest BCUT2D eigenvalue weighted by atomic mass is 19.1. The molecule has 0 spiro atoms. The van der Waals surface area contributed by atoms with E-state index in [1.165, 1.54) is 12.1 Å². The quantitative estimate of drug-likeness (QED) is 0.786. The van der Waals surface area contributed by atoms with Crippen LogP contribution in [0.2, 0.25) is 0 Å². The molecule has 2 N–H and O–H groups in total. The number of benzene rings is 2. The molecule has 0 fully saturated rings. The normalized spacial score (nSPS) is 12.5. The zero-order valence-electron chi connectivity index (χ0n) is 11.0. The van der Waals surface area contributed by atoms with E-state index in [1.807, 2.05) is 30.3 Å². The molecule has 0 saturated carbocycles. The third kappa shape index (κ3) is 2.53. The molecule has 1 aromatic heterocycles. The van der Waals surface area contributed by atoms with Crippen molar-refractivity contribution in [1.82, 2.24) is 4.98 Å². The van der Waals surface area contributed by atoms with Crippen molar-refractivity contribution in [2.24, 2.45) is 5.73 Å². The highest BCUT2D eigenvalue weighted by molar-refractivity contribution is 5.82. The molecule has 0 saturated heterocycles. The van der Waals surface area contributed by atoms with E-state index in [0.29, 0.717) is 6.42 Å². The predicted octanol–water partition coefficient (Wildman–Crippen LogP) is 3.62. The van der Waals surface area contributed by atoms with E-state index in [9.17, 15) is 4.39 Å². The molecule has 20 heavy (non-hydrogen) atoms. The number of fused-ring (bicyclic) bond motifs is 1. The molecular weight excluding hydrogens is 251 g/mol. The second-order valence-corrected chi connectivity index (χ2v) is 4.85. The van der Waals surface area contributed by atoms with Crippen LogP contribution in [-0.4, -0.2) is 4.98 Å². The smallest absolute Gasteiger partial charge is 0.123 e. The van der Waals surface area contributed by atoms with Gasteiger partial charge in [0.2, 0.25) is 0 Å². The van der Waals surface area contributed by atoms with Crippen LogP contribution >= 0.6 is 0 Å². The van der Waals surface area contributed by atoms with Gasteiger partial charge in [0.15, 0.2) is 0 Å². The molecule has 0 aliphatic carbocycles. The first-order chi connectivity index (χ1) is 9.74. The van der Waals surface area contributed by atoms with Gasteiger partial charge in [0, 0.05) is 17.6 Å². The Labute approximate surface area is 117 Å². The Morgan fingerprint density at radius 2 is 1.75 bits per heavy atom. The van der Waals surface area contributed by atoms with Crippen molar-refractivity contribution in [2.75, 3.05) is 0 Å². The van der Waals surface area contributed by atoms with Crippen molar-refractivity contribution in [3.05, 3.63) is 77.7 Å². The monoisotopic (exact) mass is 266 g/mol. The van der Waals surface area contributed by atoms with E-state index < -0.39 is 0 Å². The van der Waals surface area contributed by atoms with Gasteiger partial charge in [0.25, 0.3) is 0 Å². The minimum Gasteiger partial charge on any atom is -0.324 e. The number of aromatic nitrogens is 1. The molecule has 2 nitrogen and oxygen atoms in total. The molecular formula is C17H15FN2. The second kappa shape index (κ2) is 5.39. The summed E-state index contributed by atoms with van der Waals surface area (Å²) in [6, 6.07) is 16.3. The first-order valence-corrected chi connectivity index (χ1v) is 6.58. The molecule has 3 heteroatoms. The van der Waals surface area contributed by atoms with E-state index in [1.54, 1.807) is 18.3 Å². The van der Waals surface area contributed by atoms with Gasteiger partial charge in [0.05, 0.1) is 5.52 Å². The van der Waals surface area contributed by atoms with Crippen molar-refractivity contribution in [3.63, 3.8) is 0 Å². The van der Waals surface area contributed by atoms with Crippen LogP contribution in [0.1, 0.15) is 17.2 Å². The first kappa shape index (κ1) is 12.8. The summed E-state index contributed by atoms with van der Waals surface area (Å²) in [5.74, 6) is -0.225. The maximum atomic E-state index is 12.9. The van der Waals surface area contributed by atoms with Gasteiger partial charge in [-0.3, -0.25) is 4.98 Å². The lowest BCUT2D eigenvalue weighted by Crippen LogP contribution is -2.14. The molecule has 0 radical (unpaired) electrons. The Kier molecular flexibility index (Phi) is 3.44. The average molecular weight is 266 g/mol. The molecule has 0 aliphatic rings. The average Bonchev–Trinajstić information content (AvgIpc) is 2.49. The fourth-order valence-electron chi connectivity index (χ4n) is 2.43. The predicted molar refractivity (Wildman–Crippen MR) is 78.8 cm³/mol. The van der Waals surface area contributed by atoms with Gasteiger partial charge in [-0.15, -0.1) is 0 Å². The van der Waals surface area contributed by atoms with Crippen molar-refractivity contribution < 1.29 is 4.39 Å². The summed E-state index contributed by atoms with van der Waals surface area (Å²) in [4.78, 5) is 4.34. The van der Waals surface area contributed by atoms with E-state index >= 15 is 0 Å². The van der Waals surface area contributed by atoms with Gasteiger partial charge < -0.3 is 5.73 Å². The summed E-state index contributed by atoms with van der Waals surface area (Å²) >= 11 is 0. The Morgan fingerprint density at radius 1 is 1.00 bits per heavy atom. The van der Waals surface area contributed by atoms with Crippen LogP contribution in [0, 0.1) is 5.82 Å². The van der Waals surface area contributed by atoms with Crippen LogP contribution in [0.25, 0.3) is 10.9 Å². The van der Waals surface area contributed by atoms with Crippen molar-refractivity contribution >= 4 is 10.9 Å². The van der Waals surface area contributed by atoms with E-state index in [-0.39, 0.29) is 11.9 Å². The number of halogens is 1. The number of rotatable bonds is 3. The van der Waals surface area contributed by atoms with Gasteiger partial charge >= 0.3 is 0 Å². The fourth-order valence-corrected chi connectivity index (χ4v) is 2.43. The molecule has 2 aromatic carbocycles. The molecule has 0 aliphatic heterocycles. The Bertz CT molecular complexity index is 717. The van der Waals surface area contributed by atoms with Crippen LogP contribution in [0.5, 0.6) is 0 Å². The number of para-hydroxylation sites is 1. The van der Waals surface area contributed by atoms with Gasteiger partial charge in [0.1, 0.15) is 5.82 Å². The largest absolute Gasteiger partial charge is 0.324 e. The van der Waals surface area contributed by atoms with Crippen LogP contribution in [0.4, 0.5) is 4.39 Å². The van der Waals surface area contributed by atoms with Crippen molar-refractivity contribution in [3.8, 4) is 0 Å². The Morgan fingerprint density at radius 3 is 2.55 bits per heavy atom. The summed E-state index contributed by atoms with van der Waals surface area (Å²) in [6.45, 7) is 0.